The molecule has 3 heterocycles. The Hall–Kier alpha value is -3.87. The molecular formula is C23H29N7O5S. The Morgan fingerprint density at radius 1 is 1.22 bits per heavy atom. The van der Waals surface area contributed by atoms with Crippen LogP contribution < -0.4 is 19.7 Å². The number of urea groups is 1. The minimum Gasteiger partial charge on any atom is -0.454 e. The third-order valence-electron chi connectivity index (χ3n) is 5.10. The molecule has 1 aliphatic rings. The number of nitrogens with one attached hydrogen (secondary N) is 1. The van der Waals surface area contributed by atoms with Crippen LogP contribution in [0.4, 0.5) is 14.7 Å². The first-order chi connectivity index (χ1) is 17.2. The summed E-state index contributed by atoms with van der Waals surface area (Å²) in [5.41, 5.74) is 0.233. The molecule has 0 saturated heterocycles. The zero-order valence-corrected chi connectivity index (χ0v) is 21.4. The van der Waals surface area contributed by atoms with Gasteiger partial charge in [-0.15, -0.1) is 0 Å². The molecule has 1 N–H and O–H groups in total. The summed E-state index contributed by atoms with van der Waals surface area (Å²) in [6.07, 6.45) is 4.99. The van der Waals surface area contributed by atoms with E-state index in [9.17, 15) is 9.59 Å². The number of hydrogen-bond donors (Lipinski definition) is 1. The van der Waals surface area contributed by atoms with Gasteiger partial charge in [0.2, 0.25) is 17.9 Å². The molecule has 0 radical (unpaired) electrons. The molecule has 2 aromatic heterocycles. The lowest BCUT2D eigenvalue weighted by atomic mass is 10.2. The van der Waals surface area contributed by atoms with Crippen molar-refractivity contribution >= 4 is 28.8 Å². The maximum absolute atomic E-state index is 13.0. The summed E-state index contributed by atoms with van der Waals surface area (Å²) in [5, 5.41) is 3.08. The molecule has 36 heavy (non-hydrogen) atoms. The van der Waals surface area contributed by atoms with Gasteiger partial charge in [-0.05, 0) is 44.9 Å². The number of amides is 3. The normalized spacial score (nSPS) is 12.3. The van der Waals surface area contributed by atoms with Crippen molar-refractivity contribution in [3.8, 4) is 17.4 Å². The molecule has 0 unspecified atom stereocenters. The van der Waals surface area contributed by atoms with Crippen LogP contribution in [0, 0.1) is 0 Å². The maximum atomic E-state index is 13.0. The zero-order valence-electron chi connectivity index (χ0n) is 20.6. The SMILES string of the molecule is CNC(=O)N(CCCN(Cc1ccc2c(c1)OCO2)C(=O)OC(C)(C)C)c1nc(-n2ccnc2)ns1. The molecule has 1 aromatic carbocycles. The van der Waals surface area contributed by atoms with Gasteiger partial charge in [0.1, 0.15) is 11.9 Å². The molecule has 3 aromatic rings. The average Bonchev–Trinajstić information content (AvgIpc) is 3.60. The van der Waals surface area contributed by atoms with E-state index in [0.29, 0.717) is 48.6 Å². The minimum absolute atomic E-state index is 0.179. The van der Waals surface area contributed by atoms with Gasteiger partial charge in [-0.2, -0.15) is 9.36 Å². The second kappa shape index (κ2) is 10.8. The molecule has 0 spiro atoms. The lowest BCUT2D eigenvalue weighted by molar-refractivity contribution is 0.0232. The summed E-state index contributed by atoms with van der Waals surface area (Å²) in [4.78, 5) is 37.2. The van der Waals surface area contributed by atoms with Crippen molar-refractivity contribution < 1.29 is 23.8 Å². The number of carbonyl (C=O) groups is 2. The van der Waals surface area contributed by atoms with E-state index >= 15 is 0 Å². The fourth-order valence-corrected chi connectivity index (χ4v) is 4.15. The molecule has 0 saturated carbocycles. The summed E-state index contributed by atoms with van der Waals surface area (Å²) in [6, 6.07) is 5.25. The van der Waals surface area contributed by atoms with E-state index in [-0.39, 0.29) is 12.8 Å². The van der Waals surface area contributed by atoms with Crippen LogP contribution in [0.5, 0.6) is 11.5 Å². The molecule has 3 amide bonds. The third kappa shape index (κ3) is 6.22. The number of aromatic nitrogens is 4. The Bertz CT molecular complexity index is 1190. The predicted molar refractivity (Wildman–Crippen MR) is 133 cm³/mol. The van der Waals surface area contributed by atoms with Gasteiger partial charge in [-0.3, -0.25) is 9.47 Å². The molecule has 12 nitrogen and oxygen atoms in total. The van der Waals surface area contributed by atoms with Crippen LogP contribution in [0.25, 0.3) is 5.95 Å². The zero-order chi connectivity index (χ0) is 25.7. The highest BCUT2D eigenvalue weighted by Crippen LogP contribution is 2.33. The second-order valence-electron chi connectivity index (χ2n) is 9.00. The van der Waals surface area contributed by atoms with E-state index in [2.05, 4.69) is 19.7 Å². The van der Waals surface area contributed by atoms with Crippen molar-refractivity contribution in [2.24, 2.45) is 0 Å². The quantitative estimate of drug-likeness (QED) is 0.484. The van der Waals surface area contributed by atoms with E-state index in [1.165, 1.54) is 4.90 Å². The molecule has 0 fully saturated rings. The van der Waals surface area contributed by atoms with Crippen molar-refractivity contribution in [1.82, 2.24) is 29.1 Å². The van der Waals surface area contributed by atoms with Crippen LogP contribution >= 0.6 is 11.5 Å². The minimum atomic E-state index is -0.644. The summed E-state index contributed by atoms with van der Waals surface area (Å²) >= 11 is 1.11. The Morgan fingerprint density at radius 2 is 2.03 bits per heavy atom. The van der Waals surface area contributed by atoms with Crippen LogP contribution in [-0.4, -0.2) is 68.5 Å². The van der Waals surface area contributed by atoms with Gasteiger partial charge in [-0.1, -0.05) is 6.07 Å². The smallest absolute Gasteiger partial charge is 0.410 e. The summed E-state index contributed by atoms with van der Waals surface area (Å²) in [7, 11) is 1.56. The van der Waals surface area contributed by atoms with Gasteiger partial charge >= 0.3 is 12.1 Å². The van der Waals surface area contributed by atoms with Gasteiger partial charge < -0.3 is 24.4 Å². The van der Waals surface area contributed by atoms with Gasteiger partial charge in [0.15, 0.2) is 11.5 Å². The lowest BCUT2D eigenvalue weighted by Crippen LogP contribution is -2.41. The number of benzene rings is 1. The van der Waals surface area contributed by atoms with Gasteiger partial charge in [0, 0.05) is 50.6 Å². The Kier molecular flexibility index (Phi) is 7.58. The van der Waals surface area contributed by atoms with Crippen molar-refractivity contribution in [3.05, 3.63) is 42.5 Å². The topological polar surface area (TPSA) is 124 Å². The Labute approximate surface area is 213 Å². The fourth-order valence-electron chi connectivity index (χ4n) is 3.46. The molecule has 0 atom stereocenters. The first-order valence-electron chi connectivity index (χ1n) is 11.4. The maximum Gasteiger partial charge on any atom is 0.410 e. The number of anilines is 1. The molecule has 13 heteroatoms. The van der Waals surface area contributed by atoms with Crippen molar-refractivity contribution in [3.63, 3.8) is 0 Å². The standard InChI is InChI=1S/C23H29N7O5S/c1-23(2,3)35-22(32)28(13-16-6-7-17-18(12-16)34-15-33-17)9-5-10-30(20(31)24-4)21-26-19(27-36-21)29-11-8-25-14-29/h6-8,11-12,14H,5,9-10,13,15H2,1-4H3,(H,24,31). The number of imidazole rings is 1. The van der Waals surface area contributed by atoms with Crippen LogP contribution in [0.3, 0.4) is 0 Å². The highest BCUT2D eigenvalue weighted by atomic mass is 32.1. The van der Waals surface area contributed by atoms with Gasteiger partial charge in [0.25, 0.3) is 0 Å². The summed E-state index contributed by atoms with van der Waals surface area (Å²) < 4.78 is 22.5. The van der Waals surface area contributed by atoms with E-state index in [0.717, 1.165) is 17.1 Å². The van der Waals surface area contributed by atoms with Crippen molar-refractivity contribution in [2.75, 3.05) is 31.8 Å². The van der Waals surface area contributed by atoms with Crippen LogP contribution in [-0.2, 0) is 11.3 Å². The predicted octanol–water partition coefficient (Wildman–Crippen LogP) is 3.43. The number of fused-ring (bicyclic) bond motifs is 1. The van der Waals surface area contributed by atoms with Crippen LogP contribution in [0.2, 0.25) is 0 Å². The summed E-state index contributed by atoms with van der Waals surface area (Å²) in [5.74, 6) is 1.75. The largest absolute Gasteiger partial charge is 0.454 e. The number of nitrogens with zero attached hydrogens (tertiary/aromatic N) is 6. The number of carbonyl (C=O) groups excluding carboxylic acids is 2. The van der Waals surface area contributed by atoms with E-state index in [4.69, 9.17) is 14.2 Å². The third-order valence-corrected chi connectivity index (χ3v) is 5.83. The Balaban J connectivity index is 1.45. The first kappa shape index (κ1) is 25.2. The molecule has 0 aliphatic carbocycles. The summed E-state index contributed by atoms with van der Waals surface area (Å²) in [6.45, 7) is 6.63. The lowest BCUT2D eigenvalue weighted by Gasteiger charge is -2.28. The van der Waals surface area contributed by atoms with Crippen molar-refractivity contribution in [1.29, 1.82) is 0 Å². The van der Waals surface area contributed by atoms with Crippen LogP contribution in [0.15, 0.2) is 36.9 Å². The van der Waals surface area contributed by atoms with E-state index < -0.39 is 11.7 Å². The van der Waals surface area contributed by atoms with E-state index in [1.807, 2.05) is 39.0 Å². The number of rotatable bonds is 8. The molecule has 0 bridgehead atoms. The van der Waals surface area contributed by atoms with Crippen LogP contribution in [0.1, 0.15) is 32.8 Å². The number of hydrogen-bond acceptors (Lipinski definition) is 9. The average molecular weight is 516 g/mol. The molecule has 4 rings (SSSR count). The highest BCUT2D eigenvalue weighted by molar-refractivity contribution is 7.10. The molecule has 192 valence electrons. The molecular weight excluding hydrogens is 486 g/mol. The first-order valence-corrected chi connectivity index (χ1v) is 12.2. The monoisotopic (exact) mass is 515 g/mol. The van der Waals surface area contributed by atoms with Gasteiger partial charge in [0.05, 0.1) is 0 Å². The molecule has 1 aliphatic heterocycles. The van der Waals surface area contributed by atoms with Gasteiger partial charge in [-0.25, -0.2) is 14.6 Å². The van der Waals surface area contributed by atoms with E-state index in [1.54, 1.807) is 35.2 Å². The second-order valence-corrected chi connectivity index (χ2v) is 9.73. The fraction of sp³-hybridized carbons (Fsp3) is 0.435. The highest BCUT2D eigenvalue weighted by Gasteiger charge is 2.25. The van der Waals surface area contributed by atoms with Crippen molar-refractivity contribution in [2.45, 2.75) is 39.3 Å². The Morgan fingerprint density at radius 3 is 2.75 bits per heavy atom. The number of ether oxygens (including phenoxy) is 3.